The number of aliphatic hydroxyl groups excluding tert-OH is 1. The van der Waals surface area contributed by atoms with E-state index in [4.69, 9.17) is 16.7 Å². The molecule has 2 aromatic rings. The monoisotopic (exact) mass is 320 g/mol. The van der Waals surface area contributed by atoms with Crippen LogP contribution in [0.15, 0.2) is 18.2 Å². The van der Waals surface area contributed by atoms with Crippen molar-refractivity contribution in [2.75, 3.05) is 11.9 Å². The van der Waals surface area contributed by atoms with Gasteiger partial charge in [-0.2, -0.15) is 0 Å². The van der Waals surface area contributed by atoms with Crippen LogP contribution in [0.3, 0.4) is 0 Å². The van der Waals surface area contributed by atoms with Crippen molar-refractivity contribution in [3.63, 3.8) is 0 Å². The first-order valence-corrected chi connectivity index (χ1v) is 7.35. The first-order chi connectivity index (χ1) is 10.0. The van der Waals surface area contributed by atoms with Crippen molar-refractivity contribution >= 4 is 34.5 Å². The fourth-order valence-electron chi connectivity index (χ4n) is 1.78. The van der Waals surface area contributed by atoms with Gasteiger partial charge < -0.3 is 10.4 Å². The lowest BCUT2D eigenvalue weighted by Crippen LogP contribution is -2.12. The van der Waals surface area contributed by atoms with Crippen molar-refractivity contribution in [1.29, 1.82) is 0 Å². The number of hydrogen-bond acceptors (Lipinski definition) is 4. The van der Waals surface area contributed by atoms with Gasteiger partial charge >= 0.3 is 0 Å². The van der Waals surface area contributed by atoms with Gasteiger partial charge in [-0.15, -0.1) is 11.3 Å². The first kappa shape index (κ1) is 15.5. The summed E-state index contributed by atoms with van der Waals surface area (Å²) < 4.78 is 0. The summed E-state index contributed by atoms with van der Waals surface area (Å²) in [7, 11) is 0. The highest BCUT2D eigenvalue weighted by Crippen LogP contribution is 2.23. The quantitative estimate of drug-likeness (QED) is 0.836. The molecular weight excluding hydrogens is 308 g/mol. The van der Waals surface area contributed by atoms with Gasteiger partial charge in [0.1, 0.15) is 11.5 Å². The second-order valence-corrected chi connectivity index (χ2v) is 5.89. The summed E-state index contributed by atoms with van der Waals surface area (Å²) in [5.74, 6) is 5.09. The zero-order valence-corrected chi connectivity index (χ0v) is 13.1. The average molecular weight is 321 g/mol. The average Bonchev–Trinajstić information content (AvgIpc) is 2.77. The van der Waals surface area contributed by atoms with E-state index in [1.807, 2.05) is 6.92 Å². The van der Waals surface area contributed by atoms with Crippen molar-refractivity contribution in [3.05, 3.63) is 44.4 Å². The molecule has 4 nitrogen and oxygen atoms in total. The number of carbonyl (C=O) groups is 1. The zero-order chi connectivity index (χ0) is 15.4. The molecule has 21 heavy (non-hydrogen) atoms. The van der Waals surface area contributed by atoms with Gasteiger partial charge in [-0.1, -0.05) is 23.4 Å². The molecule has 1 aromatic heterocycles. The lowest BCUT2D eigenvalue weighted by Gasteiger charge is -2.07. The predicted octanol–water partition coefficient (Wildman–Crippen LogP) is 3.01. The Morgan fingerprint density at radius 3 is 2.86 bits per heavy atom. The minimum Gasteiger partial charge on any atom is -0.384 e. The molecular formula is C15H13ClN2O2S. The highest BCUT2D eigenvalue weighted by molar-refractivity contribution is 7.13. The van der Waals surface area contributed by atoms with Crippen molar-refractivity contribution in [1.82, 2.24) is 4.98 Å². The Labute approximate surface area is 131 Å². The highest BCUT2D eigenvalue weighted by Gasteiger charge is 2.15. The van der Waals surface area contributed by atoms with Gasteiger partial charge in [0.2, 0.25) is 0 Å². The Balaban J connectivity index is 2.32. The molecule has 0 saturated carbocycles. The summed E-state index contributed by atoms with van der Waals surface area (Å²) in [6.07, 6.45) is 0. The zero-order valence-electron chi connectivity index (χ0n) is 11.5. The molecule has 0 aliphatic rings. The third kappa shape index (κ3) is 3.82. The SMILES string of the molecule is Cc1nc(C)c(C(=O)Nc2cc(Cl)ccc2C#CCO)s1. The molecule has 1 heterocycles. The Bertz CT molecular complexity index is 744. The molecule has 0 spiro atoms. The van der Waals surface area contributed by atoms with E-state index in [2.05, 4.69) is 22.1 Å². The van der Waals surface area contributed by atoms with E-state index in [-0.39, 0.29) is 12.5 Å². The third-order valence-corrected chi connectivity index (χ3v) is 3.95. The van der Waals surface area contributed by atoms with E-state index in [0.29, 0.717) is 26.8 Å². The summed E-state index contributed by atoms with van der Waals surface area (Å²) in [6, 6.07) is 5.01. The Kier molecular flexibility index (Phi) is 4.97. The van der Waals surface area contributed by atoms with Crippen LogP contribution >= 0.6 is 22.9 Å². The smallest absolute Gasteiger partial charge is 0.267 e. The summed E-state index contributed by atoms with van der Waals surface area (Å²) >= 11 is 7.29. The van der Waals surface area contributed by atoms with Crippen LogP contribution in [-0.2, 0) is 0 Å². The number of rotatable bonds is 2. The lowest BCUT2D eigenvalue weighted by atomic mass is 10.1. The van der Waals surface area contributed by atoms with Crippen LogP contribution in [0.2, 0.25) is 5.02 Å². The Hall–Kier alpha value is -1.87. The van der Waals surface area contributed by atoms with E-state index in [1.54, 1.807) is 25.1 Å². The minimum absolute atomic E-state index is 0.243. The largest absolute Gasteiger partial charge is 0.384 e. The first-order valence-electron chi connectivity index (χ1n) is 6.16. The molecule has 0 bridgehead atoms. The van der Waals surface area contributed by atoms with E-state index in [9.17, 15) is 4.79 Å². The summed E-state index contributed by atoms with van der Waals surface area (Å²) in [6.45, 7) is 3.40. The molecule has 0 atom stereocenters. The van der Waals surface area contributed by atoms with E-state index in [0.717, 1.165) is 5.01 Å². The van der Waals surface area contributed by atoms with Gasteiger partial charge in [-0.25, -0.2) is 4.98 Å². The van der Waals surface area contributed by atoms with Gasteiger partial charge in [-0.3, -0.25) is 4.79 Å². The maximum Gasteiger partial charge on any atom is 0.267 e. The van der Waals surface area contributed by atoms with Crippen LogP contribution < -0.4 is 5.32 Å². The molecule has 0 aliphatic heterocycles. The van der Waals surface area contributed by atoms with Crippen molar-refractivity contribution in [2.24, 2.45) is 0 Å². The van der Waals surface area contributed by atoms with Crippen LogP contribution in [0.5, 0.6) is 0 Å². The fraction of sp³-hybridized carbons (Fsp3) is 0.200. The number of hydrogen-bond donors (Lipinski definition) is 2. The molecule has 0 unspecified atom stereocenters. The second kappa shape index (κ2) is 6.72. The van der Waals surface area contributed by atoms with Gasteiger partial charge in [0.15, 0.2) is 0 Å². The molecule has 0 fully saturated rings. The number of aliphatic hydroxyl groups is 1. The Morgan fingerprint density at radius 2 is 2.24 bits per heavy atom. The number of aryl methyl sites for hydroxylation is 2. The topological polar surface area (TPSA) is 62.2 Å². The van der Waals surface area contributed by atoms with Gasteiger partial charge in [-0.05, 0) is 32.0 Å². The van der Waals surface area contributed by atoms with E-state index in [1.165, 1.54) is 11.3 Å². The second-order valence-electron chi connectivity index (χ2n) is 4.25. The van der Waals surface area contributed by atoms with Gasteiger partial charge in [0.05, 0.1) is 16.4 Å². The van der Waals surface area contributed by atoms with Crippen LogP contribution in [0, 0.1) is 25.7 Å². The highest BCUT2D eigenvalue weighted by atomic mass is 35.5. The maximum absolute atomic E-state index is 12.3. The molecule has 0 saturated heterocycles. The lowest BCUT2D eigenvalue weighted by molar-refractivity contribution is 0.103. The molecule has 0 aliphatic carbocycles. The van der Waals surface area contributed by atoms with E-state index >= 15 is 0 Å². The summed E-state index contributed by atoms with van der Waals surface area (Å²) in [5.41, 5.74) is 1.81. The summed E-state index contributed by atoms with van der Waals surface area (Å²) in [5, 5.41) is 12.9. The van der Waals surface area contributed by atoms with Crippen LogP contribution in [0.25, 0.3) is 0 Å². The number of carbonyl (C=O) groups excluding carboxylic acids is 1. The standard InChI is InChI=1S/C15H13ClN2O2S/c1-9-14(21-10(2)17-9)15(20)18-13-8-12(16)6-5-11(13)4-3-7-19/h5-6,8,19H,7H2,1-2H3,(H,18,20). The van der Waals surface area contributed by atoms with Gasteiger partial charge in [0, 0.05) is 10.6 Å². The number of nitrogens with one attached hydrogen (secondary N) is 1. The number of thiazole rings is 1. The summed E-state index contributed by atoms with van der Waals surface area (Å²) in [4.78, 5) is 17.1. The molecule has 2 rings (SSSR count). The maximum atomic E-state index is 12.3. The normalized spacial score (nSPS) is 9.90. The van der Waals surface area contributed by atoms with Crippen molar-refractivity contribution in [3.8, 4) is 11.8 Å². The third-order valence-electron chi connectivity index (χ3n) is 2.64. The van der Waals surface area contributed by atoms with Crippen molar-refractivity contribution in [2.45, 2.75) is 13.8 Å². The predicted molar refractivity (Wildman–Crippen MR) is 85.0 cm³/mol. The van der Waals surface area contributed by atoms with E-state index < -0.39 is 0 Å². The van der Waals surface area contributed by atoms with Gasteiger partial charge in [0.25, 0.3) is 5.91 Å². The molecule has 6 heteroatoms. The fourth-order valence-corrected chi connectivity index (χ4v) is 2.77. The Morgan fingerprint density at radius 1 is 1.48 bits per heavy atom. The number of nitrogens with zero attached hydrogens (tertiary/aromatic N) is 1. The number of anilines is 1. The number of halogens is 1. The minimum atomic E-state index is -0.247. The molecule has 0 radical (unpaired) electrons. The molecule has 1 amide bonds. The number of benzene rings is 1. The number of aromatic nitrogens is 1. The van der Waals surface area contributed by atoms with Crippen LogP contribution in [0.4, 0.5) is 5.69 Å². The van der Waals surface area contributed by atoms with Crippen molar-refractivity contribution < 1.29 is 9.90 Å². The van der Waals surface area contributed by atoms with Crippen LogP contribution in [-0.4, -0.2) is 22.6 Å². The molecule has 108 valence electrons. The number of amides is 1. The van der Waals surface area contributed by atoms with Crippen LogP contribution in [0.1, 0.15) is 25.9 Å². The molecule has 2 N–H and O–H groups in total. The molecule has 1 aromatic carbocycles.